The molecule has 1 aromatic rings. The van der Waals surface area contributed by atoms with E-state index in [1.165, 1.54) is 5.56 Å². The van der Waals surface area contributed by atoms with Crippen molar-refractivity contribution >= 4 is 11.9 Å². The number of hydrogen-bond acceptors (Lipinski definition) is 3. The Kier molecular flexibility index (Phi) is 4.99. The van der Waals surface area contributed by atoms with Gasteiger partial charge in [0.15, 0.2) is 0 Å². The van der Waals surface area contributed by atoms with Crippen molar-refractivity contribution in [3.8, 4) is 0 Å². The van der Waals surface area contributed by atoms with Gasteiger partial charge in [0.2, 0.25) is 5.91 Å². The number of carbonyl (C=O) groups excluding carboxylic acids is 2. The van der Waals surface area contributed by atoms with E-state index in [1.54, 1.807) is 4.90 Å². The van der Waals surface area contributed by atoms with Gasteiger partial charge in [0.05, 0.1) is 12.5 Å². The molecule has 0 spiro atoms. The average molecular weight is 289 g/mol. The van der Waals surface area contributed by atoms with Crippen molar-refractivity contribution in [2.45, 2.75) is 38.5 Å². The van der Waals surface area contributed by atoms with Crippen LogP contribution >= 0.6 is 0 Å². The number of likely N-dealkylation sites (N-methyl/N-ethyl adjacent to an activating group) is 1. The maximum atomic E-state index is 11.7. The molecule has 4 heteroatoms. The number of carbonyl (C=O) groups is 2. The summed E-state index contributed by atoms with van der Waals surface area (Å²) in [6, 6.07) is 8.12. The summed E-state index contributed by atoms with van der Waals surface area (Å²) in [5.41, 5.74) is 2.20. The molecule has 0 bridgehead atoms. The molecular weight excluding hydrogens is 266 g/mol. The smallest absolute Gasteiger partial charge is 0.313 e. The fourth-order valence-electron chi connectivity index (χ4n) is 2.74. The van der Waals surface area contributed by atoms with E-state index in [2.05, 4.69) is 12.1 Å². The molecule has 0 radical (unpaired) electrons. The van der Waals surface area contributed by atoms with Gasteiger partial charge in [-0.05, 0) is 31.4 Å². The van der Waals surface area contributed by atoms with Gasteiger partial charge in [0.25, 0.3) is 0 Å². The first-order chi connectivity index (χ1) is 10.0. The lowest BCUT2D eigenvalue weighted by atomic mass is 9.89. The summed E-state index contributed by atoms with van der Waals surface area (Å²) in [6.07, 6.45) is 1.51. The number of nitrogens with zero attached hydrogens (tertiary/aromatic N) is 1. The number of hydrogen-bond donors (Lipinski definition) is 0. The van der Waals surface area contributed by atoms with Crippen LogP contribution in [-0.4, -0.2) is 37.0 Å². The van der Waals surface area contributed by atoms with E-state index in [4.69, 9.17) is 4.74 Å². The van der Waals surface area contributed by atoms with Crippen LogP contribution in [0.2, 0.25) is 0 Å². The van der Waals surface area contributed by atoms with Crippen molar-refractivity contribution in [3.05, 3.63) is 35.4 Å². The minimum Gasteiger partial charge on any atom is -0.466 e. The highest BCUT2D eigenvalue weighted by molar-refractivity contribution is 5.78. The molecule has 0 aliphatic carbocycles. The lowest BCUT2D eigenvalue weighted by molar-refractivity contribution is -0.144. The summed E-state index contributed by atoms with van der Waals surface area (Å²) in [4.78, 5) is 25.1. The number of amides is 1. The molecular formula is C17H23NO3. The van der Waals surface area contributed by atoms with Crippen LogP contribution in [0, 0.1) is 0 Å². The van der Waals surface area contributed by atoms with E-state index in [0.29, 0.717) is 18.9 Å². The molecule has 0 aromatic heterocycles. The molecule has 2 unspecified atom stereocenters. The molecule has 1 aliphatic rings. The monoisotopic (exact) mass is 289 g/mol. The lowest BCUT2D eigenvalue weighted by Gasteiger charge is -2.30. The summed E-state index contributed by atoms with van der Waals surface area (Å²) in [7, 11) is 1.85. The summed E-state index contributed by atoms with van der Waals surface area (Å²) in [5, 5.41) is 0. The summed E-state index contributed by atoms with van der Waals surface area (Å²) < 4.78 is 5.05. The molecule has 1 heterocycles. The standard InChI is InChI=1S/C17H23NO3/c1-4-21-17(20)12(2)13-5-7-14(8-6-13)15-9-10-16(19)18(3)11-15/h5-8,12,15H,4,9-11H2,1-3H3. The molecule has 1 aromatic carbocycles. The number of ether oxygens (including phenoxy) is 1. The topological polar surface area (TPSA) is 46.6 Å². The maximum absolute atomic E-state index is 11.7. The summed E-state index contributed by atoms with van der Waals surface area (Å²) in [5.74, 6) is 0.182. The third-order valence-electron chi connectivity index (χ3n) is 4.17. The Morgan fingerprint density at radius 1 is 1.38 bits per heavy atom. The predicted octanol–water partition coefficient (Wildman–Crippen LogP) is 2.69. The molecule has 0 saturated carbocycles. The predicted molar refractivity (Wildman–Crippen MR) is 81.1 cm³/mol. The van der Waals surface area contributed by atoms with Crippen LogP contribution in [0.3, 0.4) is 0 Å². The highest BCUT2D eigenvalue weighted by Gasteiger charge is 2.24. The molecule has 1 aliphatic heterocycles. The van der Waals surface area contributed by atoms with E-state index in [9.17, 15) is 9.59 Å². The molecule has 1 amide bonds. The fourth-order valence-corrected chi connectivity index (χ4v) is 2.74. The van der Waals surface area contributed by atoms with Crippen molar-refractivity contribution in [2.24, 2.45) is 0 Å². The Morgan fingerprint density at radius 3 is 2.62 bits per heavy atom. The Morgan fingerprint density at radius 2 is 2.05 bits per heavy atom. The first-order valence-corrected chi connectivity index (χ1v) is 7.53. The number of piperidine rings is 1. The molecule has 1 fully saturated rings. The van der Waals surface area contributed by atoms with Gasteiger partial charge in [0.1, 0.15) is 0 Å². The van der Waals surface area contributed by atoms with E-state index < -0.39 is 0 Å². The van der Waals surface area contributed by atoms with Crippen molar-refractivity contribution in [1.82, 2.24) is 4.90 Å². The van der Waals surface area contributed by atoms with Crippen LogP contribution < -0.4 is 0 Å². The van der Waals surface area contributed by atoms with Crippen molar-refractivity contribution in [2.75, 3.05) is 20.2 Å². The molecule has 0 N–H and O–H groups in total. The van der Waals surface area contributed by atoms with E-state index >= 15 is 0 Å². The van der Waals surface area contributed by atoms with Gasteiger partial charge in [0, 0.05) is 25.9 Å². The first-order valence-electron chi connectivity index (χ1n) is 7.53. The Balaban J connectivity index is 2.05. The van der Waals surface area contributed by atoms with E-state index in [-0.39, 0.29) is 17.8 Å². The maximum Gasteiger partial charge on any atom is 0.313 e. The molecule has 114 valence electrons. The van der Waals surface area contributed by atoms with Gasteiger partial charge in [-0.3, -0.25) is 9.59 Å². The van der Waals surface area contributed by atoms with Gasteiger partial charge in [-0.2, -0.15) is 0 Å². The second-order valence-electron chi connectivity index (χ2n) is 5.65. The highest BCUT2D eigenvalue weighted by atomic mass is 16.5. The van der Waals surface area contributed by atoms with Gasteiger partial charge in [-0.1, -0.05) is 24.3 Å². The van der Waals surface area contributed by atoms with Crippen LogP contribution in [0.4, 0.5) is 0 Å². The fraction of sp³-hybridized carbons (Fsp3) is 0.529. The second-order valence-corrected chi connectivity index (χ2v) is 5.65. The zero-order chi connectivity index (χ0) is 15.4. The third kappa shape index (κ3) is 3.63. The number of benzene rings is 1. The molecule has 4 nitrogen and oxygen atoms in total. The third-order valence-corrected chi connectivity index (χ3v) is 4.17. The quantitative estimate of drug-likeness (QED) is 0.801. The molecule has 1 saturated heterocycles. The van der Waals surface area contributed by atoms with Crippen molar-refractivity contribution in [1.29, 1.82) is 0 Å². The normalized spacial score (nSPS) is 20.2. The summed E-state index contributed by atoms with van der Waals surface area (Å²) in [6.45, 7) is 4.85. The number of rotatable bonds is 4. The lowest BCUT2D eigenvalue weighted by Crippen LogP contribution is -2.35. The Hall–Kier alpha value is -1.84. The molecule has 2 atom stereocenters. The van der Waals surface area contributed by atoms with Crippen molar-refractivity contribution in [3.63, 3.8) is 0 Å². The van der Waals surface area contributed by atoms with E-state index in [1.807, 2.05) is 33.0 Å². The Bertz CT molecular complexity index is 509. The zero-order valence-corrected chi connectivity index (χ0v) is 13.0. The van der Waals surface area contributed by atoms with Gasteiger partial charge < -0.3 is 9.64 Å². The minimum atomic E-state index is -0.241. The largest absolute Gasteiger partial charge is 0.466 e. The minimum absolute atomic E-state index is 0.187. The zero-order valence-electron chi connectivity index (χ0n) is 13.0. The summed E-state index contributed by atoms with van der Waals surface area (Å²) >= 11 is 0. The Labute approximate surface area is 126 Å². The average Bonchev–Trinajstić information content (AvgIpc) is 2.50. The van der Waals surface area contributed by atoms with Crippen LogP contribution in [0.1, 0.15) is 49.7 Å². The van der Waals surface area contributed by atoms with Crippen LogP contribution in [0.5, 0.6) is 0 Å². The second kappa shape index (κ2) is 6.74. The van der Waals surface area contributed by atoms with E-state index in [0.717, 1.165) is 18.5 Å². The molecule has 21 heavy (non-hydrogen) atoms. The van der Waals surface area contributed by atoms with Gasteiger partial charge in [-0.15, -0.1) is 0 Å². The SMILES string of the molecule is CCOC(=O)C(C)c1ccc(C2CCC(=O)N(C)C2)cc1. The van der Waals surface area contributed by atoms with Crippen LogP contribution in [0.25, 0.3) is 0 Å². The van der Waals surface area contributed by atoms with Crippen LogP contribution in [-0.2, 0) is 14.3 Å². The van der Waals surface area contributed by atoms with Gasteiger partial charge in [-0.25, -0.2) is 0 Å². The van der Waals surface area contributed by atoms with Crippen LogP contribution in [0.15, 0.2) is 24.3 Å². The number of likely N-dealkylation sites (tertiary alicyclic amines) is 1. The van der Waals surface area contributed by atoms with Crippen molar-refractivity contribution < 1.29 is 14.3 Å². The molecule has 2 rings (SSSR count). The first kappa shape index (κ1) is 15.5. The number of esters is 1. The highest BCUT2D eigenvalue weighted by Crippen LogP contribution is 2.28. The van der Waals surface area contributed by atoms with Gasteiger partial charge >= 0.3 is 5.97 Å².